The molecule has 1 rings (SSSR count). The maximum Gasteiger partial charge on any atom is 0.0590 e. The molecular formula is C10H22N2O. The molecule has 0 aliphatic heterocycles. The average molecular weight is 186 g/mol. The van der Waals surface area contributed by atoms with Crippen molar-refractivity contribution in [3.63, 3.8) is 0 Å². The van der Waals surface area contributed by atoms with Gasteiger partial charge in [0, 0.05) is 19.2 Å². The molecule has 2 unspecified atom stereocenters. The topological polar surface area (TPSA) is 47.3 Å². The van der Waals surface area contributed by atoms with Crippen molar-refractivity contribution >= 4 is 0 Å². The lowest BCUT2D eigenvalue weighted by Gasteiger charge is -2.19. The molecule has 1 aliphatic carbocycles. The monoisotopic (exact) mass is 186 g/mol. The number of ether oxygens (including phenoxy) is 1. The van der Waals surface area contributed by atoms with Gasteiger partial charge in [0.1, 0.15) is 0 Å². The summed E-state index contributed by atoms with van der Waals surface area (Å²) in [7, 11) is 0. The van der Waals surface area contributed by atoms with Gasteiger partial charge in [-0.25, -0.2) is 0 Å². The average Bonchev–Trinajstić information content (AvgIpc) is 2.60. The molecule has 13 heavy (non-hydrogen) atoms. The van der Waals surface area contributed by atoms with Crippen LogP contribution in [0.4, 0.5) is 0 Å². The lowest BCUT2D eigenvalue weighted by molar-refractivity contribution is 0.145. The largest absolute Gasteiger partial charge is 0.380 e. The molecule has 2 atom stereocenters. The van der Waals surface area contributed by atoms with Gasteiger partial charge in [-0.3, -0.25) is 0 Å². The third kappa shape index (κ3) is 3.63. The van der Waals surface area contributed by atoms with Crippen LogP contribution in [0, 0.1) is 5.92 Å². The van der Waals surface area contributed by atoms with Crippen LogP contribution in [0.15, 0.2) is 0 Å². The number of hydrogen-bond acceptors (Lipinski definition) is 3. The molecule has 3 heteroatoms. The van der Waals surface area contributed by atoms with Crippen molar-refractivity contribution in [2.75, 3.05) is 26.3 Å². The van der Waals surface area contributed by atoms with E-state index in [1.807, 2.05) is 6.92 Å². The molecule has 3 N–H and O–H groups in total. The maximum absolute atomic E-state index is 5.68. The molecule has 0 spiro atoms. The quantitative estimate of drug-likeness (QED) is 0.601. The van der Waals surface area contributed by atoms with E-state index in [-0.39, 0.29) is 0 Å². The van der Waals surface area contributed by atoms with Crippen molar-refractivity contribution in [2.45, 2.75) is 32.2 Å². The van der Waals surface area contributed by atoms with Gasteiger partial charge in [-0.2, -0.15) is 0 Å². The summed E-state index contributed by atoms with van der Waals surface area (Å²) in [6.45, 7) is 5.45. The molecule has 0 aromatic carbocycles. The summed E-state index contributed by atoms with van der Waals surface area (Å²) in [6.07, 6.45) is 3.91. The second-order valence-corrected chi connectivity index (χ2v) is 3.68. The van der Waals surface area contributed by atoms with Gasteiger partial charge in [0.25, 0.3) is 0 Å². The molecule has 0 heterocycles. The summed E-state index contributed by atoms with van der Waals surface area (Å²) < 4.78 is 5.27. The minimum absolute atomic E-state index is 0.644. The highest BCUT2D eigenvalue weighted by Crippen LogP contribution is 2.24. The number of nitrogens with one attached hydrogen (secondary N) is 1. The zero-order valence-corrected chi connectivity index (χ0v) is 8.59. The van der Waals surface area contributed by atoms with Crippen molar-refractivity contribution in [3.05, 3.63) is 0 Å². The van der Waals surface area contributed by atoms with Crippen LogP contribution in [0.3, 0.4) is 0 Å². The molecule has 1 aliphatic rings. The van der Waals surface area contributed by atoms with Gasteiger partial charge in [0.05, 0.1) is 6.61 Å². The third-order valence-corrected chi connectivity index (χ3v) is 2.82. The molecule has 0 radical (unpaired) electrons. The Bertz CT molecular complexity index is 130. The van der Waals surface area contributed by atoms with Crippen molar-refractivity contribution < 1.29 is 4.74 Å². The molecule has 0 amide bonds. The summed E-state index contributed by atoms with van der Waals surface area (Å²) in [4.78, 5) is 0. The fraction of sp³-hybridized carbons (Fsp3) is 1.00. The van der Waals surface area contributed by atoms with Gasteiger partial charge in [-0.1, -0.05) is 6.42 Å². The Hall–Kier alpha value is -0.120. The minimum Gasteiger partial charge on any atom is -0.380 e. The summed E-state index contributed by atoms with van der Waals surface area (Å²) in [5.41, 5.74) is 5.68. The Morgan fingerprint density at radius 1 is 1.46 bits per heavy atom. The summed E-state index contributed by atoms with van der Waals surface area (Å²) in [5.74, 6) is 0.696. The molecule has 0 aromatic rings. The van der Waals surface area contributed by atoms with E-state index in [0.29, 0.717) is 12.0 Å². The first-order valence-corrected chi connectivity index (χ1v) is 5.39. The number of hydrogen-bond donors (Lipinski definition) is 2. The molecule has 0 bridgehead atoms. The van der Waals surface area contributed by atoms with Gasteiger partial charge in [0.15, 0.2) is 0 Å². The predicted molar refractivity (Wildman–Crippen MR) is 54.7 cm³/mol. The van der Waals surface area contributed by atoms with E-state index in [1.165, 1.54) is 19.3 Å². The summed E-state index contributed by atoms with van der Waals surface area (Å²) in [5, 5.41) is 3.51. The lowest BCUT2D eigenvalue weighted by Crippen LogP contribution is -2.37. The highest BCUT2D eigenvalue weighted by Gasteiger charge is 2.24. The first-order chi connectivity index (χ1) is 6.38. The van der Waals surface area contributed by atoms with Crippen molar-refractivity contribution in [2.24, 2.45) is 11.7 Å². The molecule has 0 saturated heterocycles. The zero-order valence-electron chi connectivity index (χ0n) is 8.59. The molecule has 78 valence electrons. The Balaban J connectivity index is 2.06. The van der Waals surface area contributed by atoms with Crippen LogP contribution in [0.25, 0.3) is 0 Å². The predicted octanol–water partition coefficient (Wildman–Crippen LogP) is 0.740. The molecule has 3 nitrogen and oxygen atoms in total. The van der Waals surface area contributed by atoms with Gasteiger partial charge in [0.2, 0.25) is 0 Å². The number of rotatable bonds is 6. The van der Waals surface area contributed by atoms with E-state index in [0.717, 1.165) is 26.3 Å². The minimum atomic E-state index is 0.644. The van der Waals surface area contributed by atoms with Crippen LogP contribution in [-0.2, 0) is 4.74 Å². The lowest BCUT2D eigenvalue weighted by atomic mass is 10.0. The maximum atomic E-state index is 5.68. The Morgan fingerprint density at radius 2 is 2.31 bits per heavy atom. The highest BCUT2D eigenvalue weighted by molar-refractivity contribution is 4.83. The van der Waals surface area contributed by atoms with Crippen LogP contribution in [0.2, 0.25) is 0 Å². The second-order valence-electron chi connectivity index (χ2n) is 3.68. The fourth-order valence-electron chi connectivity index (χ4n) is 2.05. The van der Waals surface area contributed by atoms with Crippen molar-refractivity contribution in [1.82, 2.24) is 5.32 Å². The van der Waals surface area contributed by atoms with E-state index >= 15 is 0 Å². The summed E-state index contributed by atoms with van der Waals surface area (Å²) >= 11 is 0. The molecule has 1 fully saturated rings. The van der Waals surface area contributed by atoms with Crippen LogP contribution >= 0.6 is 0 Å². The van der Waals surface area contributed by atoms with Gasteiger partial charge < -0.3 is 15.8 Å². The van der Waals surface area contributed by atoms with Gasteiger partial charge >= 0.3 is 0 Å². The first-order valence-electron chi connectivity index (χ1n) is 5.39. The summed E-state index contributed by atoms with van der Waals surface area (Å²) in [6, 6.07) is 0.644. The molecule has 0 aromatic heterocycles. The number of nitrogens with two attached hydrogens (primary N) is 1. The standard InChI is InChI=1S/C10H22N2O/c1-2-13-7-6-12-10-5-3-4-9(10)8-11/h9-10,12H,2-8,11H2,1H3. The highest BCUT2D eigenvalue weighted by atomic mass is 16.5. The first kappa shape index (κ1) is 11.0. The Kier molecular flexibility index (Phi) is 5.35. The van der Waals surface area contributed by atoms with E-state index in [4.69, 9.17) is 10.5 Å². The third-order valence-electron chi connectivity index (χ3n) is 2.82. The SMILES string of the molecule is CCOCCNC1CCCC1CN. The smallest absolute Gasteiger partial charge is 0.0590 e. The normalized spacial score (nSPS) is 28.2. The van der Waals surface area contributed by atoms with E-state index < -0.39 is 0 Å². The van der Waals surface area contributed by atoms with Crippen LogP contribution in [0.1, 0.15) is 26.2 Å². The molecule has 1 saturated carbocycles. The van der Waals surface area contributed by atoms with E-state index in [1.54, 1.807) is 0 Å². The Labute approximate surface area is 81.0 Å². The van der Waals surface area contributed by atoms with Crippen LogP contribution < -0.4 is 11.1 Å². The second kappa shape index (κ2) is 6.35. The van der Waals surface area contributed by atoms with E-state index in [2.05, 4.69) is 5.32 Å². The van der Waals surface area contributed by atoms with Gasteiger partial charge in [-0.15, -0.1) is 0 Å². The van der Waals surface area contributed by atoms with Crippen LogP contribution in [0.5, 0.6) is 0 Å². The van der Waals surface area contributed by atoms with E-state index in [9.17, 15) is 0 Å². The van der Waals surface area contributed by atoms with Crippen molar-refractivity contribution in [1.29, 1.82) is 0 Å². The zero-order chi connectivity index (χ0) is 9.52. The van der Waals surface area contributed by atoms with Crippen molar-refractivity contribution in [3.8, 4) is 0 Å². The fourth-order valence-corrected chi connectivity index (χ4v) is 2.05. The molecular weight excluding hydrogens is 164 g/mol. The Morgan fingerprint density at radius 3 is 3.00 bits per heavy atom. The van der Waals surface area contributed by atoms with Crippen LogP contribution in [-0.4, -0.2) is 32.3 Å². The van der Waals surface area contributed by atoms with Gasteiger partial charge in [-0.05, 0) is 32.2 Å².